The monoisotopic (exact) mass is 321 g/mol. The summed E-state index contributed by atoms with van der Waals surface area (Å²) in [5, 5.41) is 11.9. The summed E-state index contributed by atoms with van der Waals surface area (Å²) in [5.41, 5.74) is 8.04. The first-order valence-electron chi connectivity index (χ1n) is 7.89. The number of nitrogens with two attached hydrogens (primary N) is 1. The lowest BCUT2D eigenvalue weighted by Crippen LogP contribution is -2.30. The number of benzene rings is 2. The first-order valence-corrected chi connectivity index (χ1v) is 7.89. The van der Waals surface area contributed by atoms with Crippen LogP contribution in [0.5, 0.6) is 5.75 Å². The Morgan fingerprint density at radius 2 is 1.92 bits per heavy atom. The fourth-order valence-corrected chi connectivity index (χ4v) is 2.67. The highest BCUT2D eigenvalue weighted by atomic mass is 16.5. The van der Waals surface area contributed by atoms with Crippen molar-refractivity contribution in [2.75, 3.05) is 6.54 Å². The van der Waals surface area contributed by atoms with Gasteiger partial charge in [-0.25, -0.2) is 0 Å². The topological polar surface area (TPSA) is 88.1 Å². The smallest absolute Gasteiger partial charge is 0.231 e. The van der Waals surface area contributed by atoms with Crippen LogP contribution in [0.2, 0.25) is 0 Å². The maximum absolute atomic E-state index is 10.8. The van der Waals surface area contributed by atoms with Crippen LogP contribution in [-0.4, -0.2) is 18.5 Å². The molecule has 1 amide bonds. The van der Waals surface area contributed by atoms with E-state index < -0.39 is 0 Å². The van der Waals surface area contributed by atoms with Gasteiger partial charge in [-0.3, -0.25) is 4.79 Å². The first kappa shape index (κ1) is 16.0. The van der Waals surface area contributed by atoms with Crippen LogP contribution in [0.1, 0.15) is 29.0 Å². The fourth-order valence-electron chi connectivity index (χ4n) is 2.67. The number of carbonyl (C=O) groups is 1. The summed E-state index contributed by atoms with van der Waals surface area (Å²) in [6, 6.07) is 17.8. The number of ether oxygens (including phenoxy) is 1. The average Bonchev–Trinajstić information content (AvgIpc) is 3.39. The number of nitrogens with zero attached hydrogens (tertiary/aromatic N) is 1. The number of carbonyl (C=O) groups excluding carboxylic acids is 1. The molecule has 0 aromatic heterocycles. The third-order valence-corrected chi connectivity index (χ3v) is 4.13. The Hall–Kier alpha value is -2.84. The van der Waals surface area contributed by atoms with Gasteiger partial charge in [-0.05, 0) is 41.8 Å². The third kappa shape index (κ3) is 4.12. The average molecular weight is 321 g/mol. The summed E-state index contributed by atoms with van der Waals surface area (Å²) < 4.78 is 5.77. The zero-order valence-electron chi connectivity index (χ0n) is 13.2. The summed E-state index contributed by atoms with van der Waals surface area (Å²) in [5.74, 6) is 0.925. The van der Waals surface area contributed by atoms with Gasteiger partial charge in [-0.15, -0.1) is 0 Å². The molecule has 1 aliphatic rings. The van der Waals surface area contributed by atoms with Crippen molar-refractivity contribution in [1.82, 2.24) is 5.32 Å². The highest BCUT2D eigenvalue weighted by Gasteiger charge is 2.37. The van der Waals surface area contributed by atoms with Crippen LogP contribution in [0.4, 0.5) is 0 Å². The van der Waals surface area contributed by atoms with Crippen molar-refractivity contribution >= 4 is 5.91 Å². The molecular weight excluding hydrogens is 302 g/mol. The van der Waals surface area contributed by atoms with E-state index in [1.165, 1.54) is 5.56 Å². The molecule has 0 spiro atoms. The van der Waals surface area contributed by atoms with Gasteiger partial charge in [0.25, 0.3) is 0 Å². The van der Waals surface area contributed by atoms with Crippen LogP contribution >= 0.6 is 0 Å². The van der Waals surface area contributed by atoms with Gasteiger partial charge in [0.2, 0.25) is 5.91 Å². The fraction of sp³-hybridized carbons (Fsp3) is 0.263. The summed E-state index contributed by atoms with van der Waals surface area (Å²) >= 11 is 0. The Bertz CT molecular complexity index is 748. The first-order chi connectivity index (χ1) is 11.7. The highest BCUT2D eigenvalue weighted by Crippen LogP contribution is 2.41. The second-order valence-electron chi connectivity index (χ2n) is 5.96. The molecule has 0 radical (unpaired) electrons. The van der Waals surface area contributed by atoms with E-state index in [9.17, 15) is 4.79 Å². The minimum atomic E-state index is -0.327. The number of amides is 1. The van der Waals surface area contributed by atoms with Crippen LogP contribution in [0.25, 0.3) is 0 Å². The number of hydrogen-bond acceptors (Lipinski definition) is 4. The van der Waals surface area contributed by atoms with E-state index in [2.05, 4.69) is 23.5 Å². The maximum atomic E-state index is 10.8. The lowest BCUT2D eigenvalue weighted by Gasteiger charge is -2.08. The van der Waals surface area contributed by atoms with Crippen molar-refractivity contribution in [3.05, 3.63) is 65.2 Å². The summed E-state index contributed by atoms with van der Waals surface area (Å²) in [7, 11) is 0. The normalized spacial score (nSPS) is 18.6. The standard InChI is InChI=1S/C19H19N3O2/c20-10-13-1-3-14(4-2-13)12-24-16-7-5-15(6-8-16)17-9-18(17)22-11-19(21)23/h1-8,17-18,22H,9,11-12H2,(H2,21,23). The molecule has 5 nitrogen and oxygen atoms in total. The van der Waals surface area contributed by atoms with Gasteiger partial charge in [0.15, 0.2) is 0 Å². The van der Waals surface area contributed by atoms with Gasteiger partial charge in [-0.2, -0.15) is 5.26 Å². The molecule has 1 fully saturated rings. The Kier molecular flexibility index (Phi) is 4.78. The predicted molar refractivity (Wildman–Crippen MR) is 90.3 cm³/mol. The molecular formula is C19H19N3O2. The number of nitriles is 1. The molecule has 0 saturated heterocycles. The maximum Gasteiger partial charge on any atom is 0.231 e. The zero-order valence-corrected chi connectivity index (χ0v) is 13.2. The van der Waals surface area contributed by atoms with E-state index >= 15 is 0 Å². The largest absolute Gasteiger partial charge is 0.489 e. The van der Waals surface area contributed by atoms with E-state index in [4.69, 9.17) is 15.7 Å². The number of hydrogen-bond donors (Lipinski definition) is 2. The van der Waals surface area contributed by atoms with E-state index in [1.54, 1.807) is 12.1 Å². The van der Waals surface area contributed by atoms with Crippen molar-refractivity contribution < 1.29 is 9.53 Å². The minimum absolute atomic E-state index is 0.229. The van der Waals surface area contributed by atoms with E-state index in [-0.39, 0.29) is 12.5 Å². The Balaban J connectivity index is 1.50. The Morgan fingerprint density at radius 1 is 1.21 bits per heavy atom. The quantitative estimate of drug-likeness (QED) is 0.817. The van der Waals surface area contributed by atoms with Gasteiger partial charge >= 0.3 is 0 Å². The highest BCUT2D eigenvalue weighted by molar-refractivity contribution is 5.76. The van der Waals surface area contributed by atoms with Crippen molar-refractivity contribution in [1.29, 1.82) is 5.26 Å². The van der Waals surface area contributed by atoms with E-state index in [0.717, 1.165) is 17.7 Å². The number of nitrogens with one attached hydrogen (secondary N) is 1. The summed E-state index contributed by atoms with van der Waals surface area (Å²) in [4.78, 5) is 10.8. The van der Waals surface area contributed by atoms with E-state index in [1.807, 2.05) is 24.3 Å². The van der Waals surface area contributed by atoms with Gasteiger partial charge in [0, 0.05) is 12.0 Å². The molecule has 1 aliphatic carbocycles. The Labute approximate surface area is 141 Å². The molecule has 5 heteroatoms. The number of primary amides is 1. The number of rotatable bonds is 7. The summed E-state index contributed by atoms with van der Waals surface area (Å²) in [6.07, 6.45) is 1.03. The molecule has 2 atom stereocenters. The van der Waals surface area contributed by atoms with Crippen LogP contribution in [0, 0.1) is 11.3 Å². The van der Waals surface area contributed by atoms with Crippen molar-refractivity contribution in [3.8, 4) is 11.8 Å². The molecule has 3 N–H and O–H groups in total. The van der Waals surface area contributed by atoms with Gasteiger partial charge in [0.1, 0.15) is 12.4 Å². The van der Waals surface area contributed by atoms with Crippen LogP contribution in [0.15, 0.2) is 48.5 Å². The van der Waals surface area contributed by atoms with Crippen molar-refractivity contribution in [2.45, 2.75) is 25.0 Å². The zero-order chi connectivity index (χ0) is 16.9. The van der Waals surface area contributed by atoms with Gasteiger partial charge in [0.05, 0.1) is 18.2 Å². The molecule has 0 heterocycles. The molecule has 122 valence electrons. The second-order valence-corrected chi connectivity index (χ2v) is 5.96. The molecule has 24 heavy (non-hydrogen) atoms. The lowest BCUT2D eigenvalue weighted by atomic mass is 10.1. The molecule has 2 unspecified atom stereocenters. The van der Waals surface area contributed by atoms with Crippen molar-refractivity contribution in [2.24, 2.45) is 5.73 Å². The predicted octanol–water partition coefficient (Wildman–Crippen LogP) is 2.07. The lowest BCUT2D eigenvalue weighted by molar-refractivity contribution is -0.117. The second kappa shape index (κ2) is 7.16. The van der Waals surface area contributed by atoms with E-state index in [0.29, 0.717) is 24.1 Å². The molecule has 2 aromatic carbocycles. The minimum Gasteiger partial charge on any atom is -0.489 e. The van der Waals surface area contributed by atoms with Gasteiger partial charge in [-0.1, -0.05) is 24.3 Å². The molecule has 1 saturated carbocycles. The van der Waals surface area contributed by atoms with Crippen LogP contribution in [-0.2, 0) is 11.4 Å². The SMILES string of the molecule is N#Cc1ccc(COc2ccc(C3CC3NCC(N)=O)cc2)cc1. The summed E-state index contributed by atoms with van der Waals surface area (Å²) in [6.45, 7) is 0.699. The third-order valence-electron chi connectivity index (χ3n) is 4.13. The van der Waals surface area contributed by atoms with Crippen molar-refractivity contribution in [3.63, 3.8) is 0 Å². The van der Waals surface area contributed by atoms with Crippen LogP contribution in [0.3, 0.4) is 0 Å². The molecule has 3 rings (SSSR count). The van der Waals surface area contributed by atoms with Gasteiger partial charge < -0.3 is 15.8 Å². The molecule has 0 aliphatic heterocycles. The molecule has 0 bridgehead atoms. The Morgan fingerprint density at radius 3 is 2.54 bits per heavy atom. The van der Waals surface area contributed by atoms with Crippen LogP contribution < -0.4 is 15.8 Å². The molecule has 2 aromatic rings.